The average molecular weight is 435 g/mol. The number of hydrogen-bond donors (Lipinski definition) is 1. The number of nitrogens with zero attached hydrogens (tertiary/aromatic N) is 1. The van der Waals surface area contributed by atoms with Crippen LogP contribution in [0, 0.1) is 16.0 Å². The molecular weight excluding hydrogens is 396 g/mol. The Balaban J connectivity index is 2.40. The van der Waals surface area contributed by atoms with Gasteiger partial charge in [-0.25, -0.2) is 4.79 Å². The maximum Gasteiger partial charge on any atom is 0.334 e. The van der Waals surface area contributed by atoms with Gasteiger partial charge in [0.15, 0.2) is 0 Å². The van der Waals surface area contributed by atoms with Crippen molar-refractivity contribution in [2.24, 2.45) is 5.92 Å². The van der Waals surface area contributed by atoms with E-state index in [1.165, 1.54) is 62.8 Å². The molecule has 0 aliphatic heterocycles. The molecule has 0 radical (unpaired) electrons. The van der Waals surface area contributed by atoms with Gasteiger partial charge in [0.1, 0.15) is 11.8 Å². The molecule has 0 aromatic heterocycles. The number of rotatable bonds is 16. The minimum Gasteiger partial charge on any atom is -0.425 e. The van der Waals surface area contributed by atoms with Gasteiger partial charge in [-0.1, -0.05) is 72.1 Å². The summed E-state index contributed by atoms with van der Waals surface area (Å²) in [6.07, 6.45) is 11.5. The van der Waals surface area contributed by atoms with E-state index in [1.54, 1.807) is 0 Å². The average Bonchev–Trinajstić information content (AvgIpc) is 2.72. The molecule has 7 heteroatoms. The summed E-state index contributed by atoms with van der Waals surface area (Å²) in [5.74, 6) is -0.280. The number of ether oxygens (including phenoxy) is 1. The van der Waals surface area contributed by atoms with Crippen LogP contribution >= 0.6 is 0 Å². The lowest BCUT2D eigenvalue weighted by Gasteiger charge is -2.19. The number of unbranched alkanes of at least 4 members (excludes halogenated alkanes) is 8. The van der Waals surface area contributed by atoms with Crippen molar-refractivity contribution in [3.63, 3.8) is 0 Å². The molecule has 0 heterocycles. The Bertz CT molecular complexity index is 673. The maximum absolute atomic E-state index is 12.6. The number of esters is 1. The third-order valence-corrected chi connectivity index (χ3v) is 5.10. The summed E-state index contributed by atoms with van der Waals surface area (Å²) in [4.78, 5) is 35.1. The predicted octanol–water partition coefficient (Wildman–Crippen LogP) is 5.95. The minimum absolute atomic E-state index is 0.0761. The molecule has 1 atom stereocenters. The number of non-ortho nitro benzene ring substituents is 1. The molecule has 0 spiro atoms. The van der Waals surface area contributed by atoms with Gasteiger partial charge in [-0.05, 0) is 30.9 Å². The van der Waals surface area contributed by atoms with E-state index in [4.69, 9.17) is 4.74 Å². The summed E-state index contributed by atoms with van der Waals surface area (Å²) in [6.45, 7) is 6.16. The lowest BCUT2D eigenvalue weighted by atomic mass is 10.0. The van der Waals surface area contributed by atoms with E-state index >= 15 is 0 Å². The van der Waals surface area contributed by atoms with Gasteiger partial charge in [-0.3, -0.25) is 14.9 Å². The van der Waals surface area contributed by atoms with Crippen molar-refractivity contribution in [2.45, 2.75) is 97.4 Å². The Kier molecular flexibility index (Phi) is 13.2. The van der Waals surface area contributed by atoms with E-state index in [1.807, 2.05) is 13.8 Å². The Labute approximate surface area is 186 Å². The highest BCUT2D eigenvalue weighted by Crippen LogP contribution is 2.19. The first-order chi connectivity index (χ1) is 14.8. The molecule has 7 nitrogen and oxygen atoms in total. The maximum atomic E-state index is 12.6. The summed E-state index contributed by atoms with van der Waals surface area (Å²) >= 11 is 0. The lowest BCUT2D eigenvalue weighted by molar-refractivity contribution is -0.384. The molecule has 0 aliphatic rings. The van der Waals surface area contributed by atoms with Crippen LogP contribution in [-0.2, 0) is 9.59 Å². The Hall–Kier alpha value is -2.44. The van der Waals surface area contributed by atoms with Crippen LogP contribution in [0.4, 0.5) is 5.69 Å². The van der Waals surface area contributed by atoms with Crippen LogP contribution in [-0.4, -0.2) is 22.8 Å². The SMILES string of the molecule is CCCCCCCCCCCC(=O)N[C@@H](CC(C)C)C(=O)Oc1ccc([N+](=O)[O-])cc1. The number of amides is 1. The van der Waals surface area contributed by atoms with Crippen molar-refractivity contribution in [3.05, 3.63) is 34.4 Å². The smallest absolute Gasteiger partial charge is 0.334 e. The third kappa shape index (κ3) is 12.1. The number of carbonyl (C=O) groups is 2. The van der Waals surface area contributed by atoms with Gasteiger partial charge in [0, 0.05) is 18.6 Å². The molecular formula is C24H38N2O5. The first kappa shape index (κ1) is 26.6. The third-order valence-electron chi connectivity index (χ3n) is 5.10. The molecule has 0 unspecified atom stereocenters. The zero-order valence-electron chi connectivity index (χ0n) is 19.2. The molecule has 1 N–H and O–H groups in total. The molecule has 1 rings (SSSR count). The fourth-order valence-electron chi connectivity index (χ4n) is 3.37. The predicted molar refractivity (Wildman–Crippen MR) is 122 cm³/mol. The van der Waals surface area contributed by atoms with Crippen molar-refractivity contribution in [2.75, 3.05) is 0 Å². The molecule has 0 fully saturated rings. The Morgan fingerprint density at radius 3 is 2.03 bits per heavy atom. The number of benzene rings is 1. The first-order valence-electron chi connectivity index (χ1n) is 11.6. The van der Waals surface area contributed by atoms with E-state index in [2.05, 4.69) is 12.2 Å². The molecule has 0 aliphatic carbocycles. The number of nitro groups is 1. The summed E-state index contributed by atoms with van der Waals surface area (Å²) in [5.41, 5.74) is -0.0761. The number of carbonyl (C=O) groups excluding carboxylic acids is 2. The van der Waals surface area contributed by atoms with Gasteiger partial charge in [0.05, 0.1) is 4.92 Å². The summed E-state index contributed by atoms with van der Waals surface area (Å²) in [6, 6.07) is 4.59. The van der Waals surface area contributed by atoms with Gasteiger partial charge in [0.25, 0.3) is 5.69 Å². The van der Waals surface area contributed by atoms with E-state index in [9.17, 15) is 19.7 Å². The molecule has 1 aromatic carbocycles. The van der Waals surface area contributed by atoms with Crippen LogP contribution in [0.3, 0.4) is 0 Å². The van der Waals surface area contributed by atoms with E-state index in [0.717, 1.165) is 19.3 Å². The highest BCUT2D eigenvalue weighted by atomic mass is 16.6. The normalized spacial score (nSPS) is 11.9. The molecule has 174 valence electrons. The zero-order valence-corrected chi connectivity index (χ0v) is 19.2. The van der Waals surface area contributed by atoms with Crippen LogP contribution in [0.5, 0.6) is 5.75 Å². The van der Waals surface area contributed by atoms with Crippen molar-refractivity contribution >= 4 is 17.6 Å². The summed E-state index contributed by atoms with van der Waals surface area (Å²) in [7, 11) is 0. The van der Waals surface area contributed by atoms with Crippen molar-refractivity contribution in [3.8, 4) is 5.75 Å². The van der Waals surface area contributed by atoms with E-state index in [0.29, 0.717) is 12.8 Å². The standard InChI is InChI=1S/C24H38N2O5/c1-4-5-6-7-8-9-10-11-12-13-23(27)25-22(18-19(2)3)24(28)31-21-16-14-20(15-17-21)26(29)30/h14-17,19,22H,4-13,18H2,1-3H3,(H,25,27)/t22-/m0/s1. The van der Waals surface area contributed by atoms with E-state index in [-0.39, 0.29) is 23.3 Å². The van der Waals surface area contributed by atoms with Gasteiger partial charge in [-0.15, -0.1) is 0 Å². The van der Waals surface area contributed by atoms with Gasteiger partial charge in [0.2, 0.25) is 5.91 Å². The first-order valence-corrected chi connectivity index (χ1v) is 11.6. The summed E-state index contributed by atoms with van der Waals surface area (Å²) in [5, 5.41) is 13.5. The van der Waals surface area contributed by atoms with Gasteiger partial charge < -0.3 is 10.1 Å². The van der Waals surface area contributed by atoms with Crippen LogP contribution in [0.2, 0.25) is 0 Å². The number of nitrogens with one attached hydrogen (secondary N) is 1. The number of nitro benzene ring substituents is 1. The monoisotopic (exact) mass is 434 g/mol. The van der Waals surface area contributed by atoms with E-state index < -0.39 is 16.9 Å². The lowest BCUT2D eigenvalue weighted by Crippen LogP contribution is -2.43. The number of hydrogen-bond acceptors (Lipinski definition) is 5. The highest BCUT2D eigenvalue weighted by molar-refractivity contribution is 5.85. The van der Waals surface area contributed by atoms with Crippen LogP contribution < -0.4 is 10.1 Å². The summed E-state index contributed by atoms with van der Waals surface area (Å²) < 4.78 is 5.33. The van der Waals surface area contributed by atoms with Crippen molar-refractivity contribution in [1.82, 2.24) is 5.32 Å². The molecule has 0 saturated carbocycles. The fourth-order valence-corrected chi connectivity index (χ4v) is 3.37. The molecule has 0 bridgehead atoms. The van der Waals surface area contributed by atoms with Crippen molar-refractivity contribution in [1.29, 1.82) is 0 Å². The Morgan fingerprint density at radius 2 is 1.52 bits per heavy atom. The van der Waals surface area contributed by atoms with Gasteiger partial charge >= 0.3 is 5.97 Å². The second kappa shape index (κ2) is 15.4. The quantitative estimate of drug-likeness (QED) is 0.114. The minimum atomic E-state index is -0.735. The topological polar surface area (TPSA) is 98.5 Å². The van der Waals surface area contributed by atoms with Gasteiger partial charge in [-0.2, -0.15) is 0 Å². The molecule has 1 amide bonds. The van der Waals surface area contributed by atoms with Crippen LogP contribution in [0.25, 0.3) is 0 Å². The van der Waals surface area contributed by atoms with Crippen molar-refractivity contribution < 1.29 is 19.2 Å². The molecule has 0 saturated heterocycles. The fraction of sp³-hybridized carbons (Fsp3) is 0.667. The largest absolute Gasteiger partial charge is 0.425 e. The second-order valence-electron chi connectivity index (χ2n) is 8.50. The second-order valence-corrected chi connectivity index (χ2v) is 8.50. The van der Waals surface area contributed by atoms with Crippen LogP contribution in [0.15, 0.2) is 24.3 Å². The highest BCUT2D eigenvalue weighted by Gasteiger charge is 2.24. The zero-order chi connectivity index (χ0) is 23.1. The Morgan fingerprint density at radius 1 is 0.968 bits per heavy atom. The molecule has 31 heavy (non-hydrogen) atoms. The molecule has 1 aromatic rings. The van der Waals surface area contributed by atoms with Crippen LogP contribution in [0.1, 0.15) is 91.4 Å².